The van der Waals surface area contributed by atoms with Crippen molar-refractivity contribution in [2.24, 2.45) is 0 Å². The molecular weight excluding hydrogens is 515 g/mol. The summed E-state index contributed by atoms with van der Waals surface area (Å²) in [6.07, 6.45) is -0.929. The summed E-state index contributed by atoms with van der Waals surface area (Å²) in [5.74, 6) is -1.65. The number of carbonyl (C=O) groups excluding carboxylic acids is 1. The maximum absolute atomic E-state index is 15.1. The topological polar surface area (TPSA) is 109 Å². The molecular formula is C31H33FN2O6. The van der Waals surface area contributed by atoms with Gasteiger partial charge in [-0.3, -0.25) is 10.2 Å². The third-order valence-corrected chi connectivity index (χ3v) is 6.86. The largest absolute Gasteiger partial charge is 0.493 e. The average molecular weight is 549 g/mol. The summed E-state index contributed by atoms with van der Waals surface area (Å²) in [6, 6.07) is 15.8. The normalized spacial score (nSPS) is 13.6. The molecule has 4 rings (SSSR count). The van der Waals surface area contributed by atoms with Gasteiger partial charge in [0.15, 0.2) is 29.2 Å². The molecule has 2 N–H and O–H groups in total. The fourth-order valence-corrected chi connectivity index (χ4v) is 4.78. The highest BCUT2D eigenvalue weighted by molar-refractivity contribution is 6.06. The first-order valence-electron chi connectivity index (χ1n) is 12.8. The van der Waals surface area contributed by atoms with Gasteiger partial charge in [0.2, 0.25) is 0 Å². The Bertz CT molecular complexity index is 1450. The van der Waals surface area contributed by atoms with Crippen molar-refractivity contribution < 1.29 is 33.3 Å². The summed E-state index contributed by atoms with van der Waals surface area (Å²) < 4.78 is 31.5. The van der Waals surface area contributed by atoms with Crippen molar-refractivity contribution in [2.75, 3.05) is 20.8 Å². The summed E-state index contributed by atoms with van der Waals surface area (Å²) in [6.45, 7) is 5.88. The number of benzene rings is 3. The lowest BCUT2D eigenvalue weighted by molar-refractivity contribution is -0.145. The lowest BCUT2D eigenvalue weighted by Gasteiger charge is -2.26. The van der Waals surface area contributed by atoms with Crippen LogP contribution in [0, 0.1) is 11.2 Å². The van der Waals surface area contributed by atoms with E-state index in [2.05, 4.69) is 0 Å². The van der Waals surface area contributed by atoms with Crippen molar-refractivity contribution in [1.29, 1.82) is 5.41 Å². The Labute approximate surface area is 232 Å². The molecule has 0 aromatic heterocycles. The van der Waals surface area contributed by atoms with E-state index in [0.29, 0.717) is 22.4 Å². The van der Waals surface area contributed by atoms with Gasteiger partial charge in [-0.25, -0.2) is 9.18 Å². The van der Waals surface area contributed by atoms with Gasteiger partial charge >= 0.3 is 5.97 Å². The van der Waals surface area contributed by atoms with E-state index in [1.165, 1.54) is 19.1 Å². The summed E-state index contributed by atoms with van der Waals surface area (Å²) in [5.41, 5.74) is 2.05. The number of methoxy groups -OCH3 is 2. The molecule has 0 fully saturated rings. The molecule has 0 bridgehead atoms. The molecule has 1 aliphatic heterocycles. The summed E-state index contributed by atoms with van der Waals surface area (Å²) >= 11 is 0. The average Bonchev–Trinajstić information content (AvgIpc) is 3.22. The first kappa shape index (κ1) is 28.6. The highest BCUT2D eigenvalue weighted by Crippen LogP contribution is 2.39. The second kappa shape index (κ2) is 11.4. The first-order valence-corrected chi connectivity index (χ1v) is 12.8. The smallest absolute Gasteiger partial charge is 0.345 e. The van der Waals surface area contributed by atoms with Crippen LogP contribution in [0.25, 0.3) is 0 Å². The molecule has 0 saturated heterocycles. The van der Waals surface area contributed by atoms with Gasteiger partial charge in [0, 0.05) is 24.1 Å². The lowest BCUT2D eigenvalue weighted by Crippen LogP contribution is -2.31. The minimum absolute atomic E-state index is 0.0858. The molecule has 1 aliphatic rings. The second-order valence-electron chi connectivity index (χ2n) is 10.7. The second-order valence-corrected chi connectivity index (χ2v) is 10.7. The van der Waals surface area contributed by atoms with Crippen LogP contribution in [-0.2, 0) is 23.2 Å². The van der Waals surface area contributed by atoms with Crippen LogP contribution in [0.15, 0.2) is 54.6 Å². The number of fused-ring (bicyclic) bond motifs is 1. The number of carboxylic acid groups (broad SMARTS) is 1. The van der Waals surface area contributed by atoms with Crippen molar-refractivity contribution in [3.05, 3.63) is 88.2 Å². The number of rotatable bonds is 10. The van der Waals surface area contributed by atoms with E-state index in [1.807, 2.05) is 51.1 Å². The predicted molar refractivity (Wildman–Crippen MR) is 148 cm³/mol. The first-order chi connectivity index (χ1) is 18.9. The zero-order valence-electron chi connectivity index (χ0n) is 23.2. The number of Topliss-reactive ketones (excluding diaryl/α,β-unsaturated/α-hetero) is 1. The summed E-state index contributed by atoms with van der Waals surface area (Å²) in [7, 11) is 2.74. The minimum atomic E-state index is -1.11. The zero-order valence-corrected chi connectivity index (χ0v) is 23.2. The van der Waals surface area contributed by atoms with Crippen LogP contribution in [-0.4, -0.2) is 54.5 Å². The maximum Gasteiger partial charge on any atom is 0.345 e. The highest BCUT2D eigenvalue weighted by atomic mass is 19.1. The van der Waals surface area contributed by atoms with Crippen molar-refractivity contribution in [3.8, 4) is 17.2 Å². The zero-order chi connectivity index (χ0) is 29.2. The van der Waals surface area contributed by atoms with Crippen LogP contribution >= 0.6 is 0 Å². The van der Waals surface area contributed by atoms with Crippen LogP contribution in [0.4, 0.5) is 4.39 Å². The van der Waals surface area contributed by atoms with Gasteiger partial charge in [-0.1, -0.05) is 51.1 Å². The molecule has 0 saturated carbocycles. The Kier molecular flexibility index (Phi) is 8.13. The molecule has 3 aromatic rings. The molecule has 3 aromatic carbocycles. The molecule has 9 heteroatoms. The van der Waals surface area contributed by atoms with Gasteiger partial charge in [0.1, 0.15) is 11.6 Å². The van der Waals surface area contributed by atoms with Crippen LogP contribution in [0.3, 0.4) is 0 Å². The highest BCUT2D eigenvalue weighted by Gasteiger charge is 2.33. The number of nitrogens with zero attached hydrogens (tertiary/aromatic N) is 1. The number of halogens is 1. The number of carboxylic acids is 1. The molecule has 0 aliphatic carbocycles. The molecule has 0 radical (unpaired) electrons. The predicted octanol–water partition coefficient (Wildman–Crippen LogP) is 5.24. The standard InChI is InChI=1S/C31H33FN2O6/c1-31(2,3)21-14-19(11-12-23(21)40-25(30(36)37)13-18-9-7-6-8-10-18)22(35)17-34-16-20-15-24(38-4)28(39-5)27(32)26(20)29(34)33/h6-12,14-15,25,33H,13,16-17H2,1-5H3,(H,36,37). The molecule has 1 heterocycles. The Hall–Kier alpha value is -4.40. The van der Waals surface area contributed by atoms with Crippen molar-refractivity contribution in [3.63, 3.8) is 0 Å². The van der Waals surface area contributed by atoms with Gasteiger partial charge in [0.25, 0.3) is 0 Å². The van der Waals surface area contributed by atoms with E-state index < -0.39 is 23.3 Å². The van der Waals surface area contributed by atoms with Gasteiger partial charge in [0.05, 0.1) is 26.3 Å². The molecule has 1 unspecified atom stereocenters. The summed E-state index contributed by atoms with van der Waals surface area (Å²) in [4.78, 5) is 26.9. The molecule has 0 spiro atoms. The number of nitrogens with one attached hydrogen (secondary N) is 1. The Balaban J connectivity index is 1.57. The number of aliphatic carboxylic acids is 1. The van der Waals surface area contributed by atoms with Gasteiger partial charge in [-0.15, -0.1) is 0 Å². The fraction of sp³-hybridized carbons (Fsp3) is 0.323. The number of carbonyl (C=O) groups is 2. The van der Waals surface area contributed by atoms with Crippen molar-refractivity contribution in [2.45, 2.75) is 45.3 Å². The Morgan fingerprint density at radius 3 is 2.35 bits per heavy atom. The van der Waals surface area contributed by atoms with Crippen molar-refractivity contribution >= 4 is 17.6 Å². The third-order valence-electron chi connectivity index (χ3n) is 6.86. The number of ketones is 1. The van der Waals surface area contributed by atoms with Crippen LogP contribution in [0.2, 0.25) is 0 Å². The summed E-state index contributed by atoms with van der Waals surface area (Å²) in [5, 5.41) is 18.4. The monoisotopic (exact) mass is 548 g/mol. The van der Waals surface area contributed by atoms with Crippen LogP contribution in [0.1, 0.15) is 53.4 Å². The minimum Gasteiger partial charge on any atom is -0.493 e. The van der Waals surface area contributed by atoms with Gasteiger partial charge < -0.3 is 24.2 Å². The number of hydrogen-bond donors (Lipinski definition) is 2. The van der Waals surface area contributed by atoms with Crippen LogP contribution < -0.4 is 14.2 Å². The SMILES string of the molecule is COc1cc2c(c(F)c1OC)C(=N)N(CC(=O)c1ccc(OC(Cc3ccccc3)C(=O)O)c(C(C)(C)C)c1)C2. The van der Waals surface area contributed by atoms with Crippen molar-refractivity contribution in [1.82, 2.24) is 4.90 Å². The number of hydrogen-bond acceptors (Lipinski definition) is 6. The number of ether oxygens (including phenoxy) is 3. The van der Waals surface area contributed by atoms with E-state index in [0.717, 1.165) is 5.56 Å². The van der Waals surface area contributed by atoms with E-state index in [4.69, 9.17) is 19.6 Å². The van der Waals surface area contributed by atoms with E-state index >= 15 is 4.39 Å². The molecule has 8 nitrogen and oxygen atoms in total. The third kappa shape index (κ3) is 5.78. The van der Waals surface area contributed by atoms with Gasteiger partial charge in [-0.2, -0.15) is 0 Å². The van der Waals surface area contributed by atoms with E-state index in [9.17, 15) is 14.7 Å². The number of amidine groups is 1. The van der Waals surface area contributed by atoms with Crippen LogP contribution in [0.5, 0.6) is 17.2 Å². The Morgan fingerprint density at radius 2 is 1.75 bits per heavy atom. The molecule has 40 heavy (non-hydrogen) atoms. The van der Waals surface area contributed by atoms with E-state index in [-0.39, 0.29) is 48.2 Å². The molecule has 1 atom stereocenters. The maximum atomic E-state index is 15.1. The quantitative estimate of drug-likeness (QED) is 0.334. The molecule has 0 amide bonds. The van der Waals surface area contributed by atoms with E-state index in [1.54, 1.807) is 24.3 Å². The molecule has 210 valence electrons. The Morgan fingerprint density at radius 1 is 1.05 bits per heavy atom. The lowest BCUT2D eigenvalue weighted by atomic mass is 9.85. The van der Waals surface area contributed by atoms with Gasteiger partial charge in [-0.05, 0) is 40.8 Å². The fourth-order valence-electron chi connectivity index (χ4n) is 4.78.